The van der Waals surface area contributed by atoms with E-state index in [1.807, 2.05) is 11.8 Å². The van der Waals surface area contributed by atoms with Crippen LogP contribution in [0.2, 0.25) is 0 Å². The summed E-state index contributed by atoms with van der Waals surface area (Å²) in [7, 11) is 0. The summed E-state index contributed by atoms with van der Waals surface area (Å²) in [6, 6.07) is 0. The minimum absolute atomic E-state index is 0.419. The first-order valence-corrected chi connectivity index (χ1v) is 5.55. The average Bonchev–Trinajstić information content (AvgIpc) is 2.67. The average molecular weight is 170 g/mol. The summed E-state index contributed by atoms with van der Waals surface area (Å²) in [4.78, 5) is 10.5. The van der Waals surface area contributed by atoms with Gasteiger partial charge in [0.25, 0.3) is 0 Å². The van der Waals surface area contributed by atoms with E-state index < -0.39 is 0 Å². The highest BCUT2D eigenvalue weighted by Crippen LogP contribution is 2.59. The number of thioether (sulfide) groups is 1. The van der Waals surface area contributed by atoms with Crippen LogP contribution in [-0.4, -0.2) is 17.3 Å². The zero-order chi connectivity index (χ0) is 7.90. The van der Waals surface area contributed by atoms with E-state index in [1.165, 1.54) is 25.7 Å². The molecule has 0 aromatic carbocycles. The van der Waals surface area contributed by atoms with Crippen molar-refractivity contribution >= 4 is 18.0 Å². The van der Waals surface area contributed by atoms with Gasteiger partial charge in [-0.25, -0.2) is 0 Å². The van der Waals surface area contributed by atoms with Gasteiger partial charge in [0, 0.05) is 10.7 Å². The maximum Gasteiger partial charge on any atom is 0.123 e. The quantitative estimate of drug-likeness (QED) is 0.603. The van der Waals surface area contributed by atoms with E-state index in [9.17, 15) is 4.79 Å². The molecule has 2 saturated carbocycles. The molecule has 0 spiro atoms. The number of aldehydes is 1. The lowest BCUT2D eigenvalue weighted by Gasteiger charge is -2.41. The molecule has 2 aliphatic carbocycles. The minimum atomic E-state index is 0.419. The van der Waals surface area contributed by atoms with Crippen LogP contribution in [0, 0.1) is 11.8 Å². The Balaban J connectivity index is 1.98. The molecule has 0 aliphatic heterocycles. The molecule has 0 heterocycles. The van der Waals surface area contributed by atoms with E-state index in [-0.39, 0.29) is 0 Å². The van der Waals surface area contributed by atoms with Crippen molar-refractivity contribution in [2.24, 2.45) is 11.8 Å². The topological polar surface area (TPSA) is 17.1 Å². The third-order valence-electron chi connectivity index (χ3n) is 3.30. The van der Waals surface area contributed by atoms with Crippen molar-refractivity contribution in [2.75, 3.05) is 6.26 Å². The van der Waals surface area contributed by atoms with E-state index in [4.69, 9.17) is 0 Å². The Morgan fingerprint density at radius 1 is 1.55 bits per heavy atom. The molecular weight excluding hydrogens is 156 g/mol. The standard InChI is InChI=1S/C9H14OS/c1-11-9(3-2-4-9)8-5-7(8)6-10/h6-8H,2-5H2,1H3/t7-,8+/m1/s1. The Morgan fingerprint density at radius 2 is 2.27 bits per heavy atom. The lowest BCUT2D eigenvalue weighted by atomic mass is 9.79. The first-order chi connectivity index (χ1) is 5.32. The van der Waals surface area contributed by atoms with Crippen LogP contribution in [0.4, 0.5) is 0 Å². The van der Waals surface area contributed by atoms with Crippen LogP contribution in [0.3, 0.4) is 0 Å². The minimum Gasteiger partial charge on any atom is -0.303 e. The molecule has 0 aromatic rings. The van der Waals surface area contributed by atoms with Gasteiger partial charge in [0.15, 0.2) is 0 Å². The summed E-state index contributed by atoms with van der Waals surface area (Å²) in [6.07, 6.45) is 8.60. The van der Waals surface area contributed by atoms with Gasteiger partial charge in [-0.05, 0) is 31.4 Å². The van der Waals surface area contributed by atoms with Crippen molar-refractivity contribution in [3.63, 3.8) is 0 Å². The van der Waals surface area contributed by atoms with Crippen molar-refractivity contribution in [1.29, 1.82) is 0 Å². The van der Waals surface area contributed by atoms with Crippen LogP contribution in [0.5, 0.6) is 0 Å². The molecule has 0 N–H and O–H groups in total. The van der Waals surface area contributed by atoms with E-state index in [0.717, 1.165) is 12.2 Å². The van der Waals surface area contributed by atoms with Crippen molar-refractivity contribution in [2.45, 2.75) is 30.4 Å². The number of carbonyl (C=O) groups excluding carboxylic acids is 1. The molecule has 11 heavy (non-hydrogen) atoms. The highest BCUT2D eigenvalue weighted by molar-refractivity contribution is 8.00. The molecule has 1 nitrogen and oxygen atoms in total. The third-order valence-corrected chi connectivity index (χ3v) is 4.82. The molecule has 0 saturated heterocycles. The molecule has 2 aliphatic rings. The smallest absolute Gasteiger partial charge is 0.123 e. The SMILES string of the molecule is CSC1([C@H]2C[C@@H]2C=O)CCC1. The molecule has 2 heteroatoms. The van der Waals surface area contributed by atoms with Gasteiger partial charge in [-0.1, -0.05) is 6.42 Å². The summed E-state index contributed by atoms with van der Waals surface area (Å²) in [6.45, 7) is 0. The third kappa shape index (κ3) is 1.03. The highest BCUT2D eigenvalue weighted by Gasteiger charge is 2.54. The summed E-state index contributed by atoms with van der Waals surface area (Å²) < 4.78 is 0.533. The van der Waals surface area contributed by atoms with Gasteiger partial charge < -0.3 is 4.79 Å². The maximum absolute atomic E-state index is 10.5. The molecule has 2 atom stereocenters. The normalized spacial score (nSPS) is 39.4. The number of hydrogen-bond donors (Lipinski definition) is 0. The van der Waals surface area contributed by atoms with Crippen molar-refractivity contribution in [1.82, 2.24) is 0 Å². The summed E-state index contributed by atoms with van der Waals surface area (Å²) in [5, 5.41) is 0. The lowest BCUT2D eigenvalue weighted by Crippen LogP contribution is -2.36. The highest BCUT2D eigenvalue weighted by atomic mass is 32.2. The molecule has 0 amide bonds. The lowest BCUT2D eigenvalue weighted by molar-refractivity contribution is -0.109. The largest absolute Gasteiger partial charge is 0.303 e. The van der Waals surface area contributed by atoms with Crippen LogP contribution in [0.25, 0.3) is 0 Å². The van der Waals surface area contributed by atoms with Gasteiger partial charge in [-0.15, -0.1) is 0 Å². The zero-order valence-electron chi connectivity index (χ0n) is 6.88. The second kappa shape index (κ2) is 2.51. The molecule has 62 valence electrons. The van der Waals surface area contributed by atoms with Crippen LogP contribution in [0.1, 0.15) is 25.7 Å². The second-order valence-corrected chi connectivity index (χ2v) is 4.99. The van der Waals surface area contributed by atoms with Crippen molar-refractivity contribution in [3.05, 3.63) is 0 Å². The Labute approximate surface area is 71.9 Å². The van der Waals surface area contributed by atoms with Crippen LogP contribution in [0.15, 0.2) is 0 Å². The van der Waals surface area contributed by atoms with Crippen LogP contribution in [-0.2, 0) is 4.79 Å². The fourth-order valence-electron chi connectivity index (χ4n) is 2.22. The number of rotatable bonds is 3. The van der Waals surface area contributed by atoms with Crippen LogP contribution >= 0.6 is 11.8 Å². The molecule has 0 radical (unpaired) electrons. The summed E-state index contributed by atoms with van der Waals surface area (Å²) >= 11 is 1.99. The van der Waals surface area contributed by atoms with Gasteiger partial charge in [0.05, 0.1) is 0 Å². The molecule has 2 rings (SSSR count). The first-order valence-electron chi connectivity index (χ1n) is 4.33. The van der Waals surface area contributed by atoms with Crippen LogP contribution < -0.4 is 0 Å². The predicted octanol–water partition coefficient (Wildman–Crippen LogP) is 2.11. The van der Waals surface area contributed by atoms with E-state index in [1.54, 1.807) is 0 Å². The molecule has 2 fully saturated rings. The van der Waals surface area contributed by atoms with E-state index in [2.05, 4.69) is 6.26 Å². The number of hydrogen-bond acceptors (Lipinski definition) is 2. The Kier molecular flexibility index (Phi) is 1.75. The molecule has 0 unspecified atom stereocenters. The molecule has 0 bridgehead atoms. The predicted molar refractivity (Wildman–Crippen MR) is 47.8 cm³/mol. The second-order valence-electron chi connectivity index (χ2n) is 3.76. The summed E-state index contributed by atoms with van der Waals surface area (Å²) in [5.41, 5.74) is 0. The van der Waals surface area contributed by atoms with Gasteiger partial charge in [-0.2, -0.15) is 11.8 Å². The van der Waals surface area contributed by atoms with Gasteiger partial charge in [0.2, 0.25) is 0 Å². The fourth-order valence-corrected chi connectivity index (χ4v) is 3.49. The van der Waals surface area contributed by atoms with Gasteiger partial charge >= 0.3 is 0 Å². The van der Waals surface area contributed by atoms with Crippen molar-refractivity contribution in [3.8, 4) is 0 Å². The van der Waals surface area contributed by atoms with E-state index >= 15 is 0 Å². The zero-order valence-corrected chi connectivity index (χ0v) is 7.69. The van der Waals surface area contributed by atoms with Crippen molar-refractivity contribution < 1.29 is 4.79 Å². The van der Waals surface area contributed by atoms with E-state index in [0.29, 0.717) is 10.7 Å². The van der Waals surface area contributed by atoms with Gasteiger partial charge in [0.1, 0.15) is 6.29 Å². The summed E-state index contributed by atoms with van der Waals surface area (Å²) in [5.74, 6) is 1.16. The number of carbonyl (C=O) groups is 1. The monoisotopic (exact) mass is 170 g/mol. The Morgan fingerprint density at radius 3 is 2.55 bits per heavy atom. The molecular formula is C9H14OS. The first kappa shape index (κ1) is 7.66. The fraction of sp³-hybridized carbons (Fsp3) is 0.889. The Bertz CT molecular complexity index is 169. The molecule has 0 aromatic heterocycles. The van der Waals surface area contributed by atoms with Gasteiger partial charge in [-0.3, -0.25) is 0 Å². The Hall–Kier alpha value is 0.0200. The maximum atomic E-state index is 10.5.